The normalized spacial score (nSPS) is 11.1. The molecule has 0 radical (unpaired) electrons. The number of nitrogens with one attached hydrogen (secondary N) is 1. The second kappa shape index (κ2) is 8.87. The first-order chi connectivity index (χ1) is 10.0. The van der Waals surface area contributed by atoms with E-state index < -0.39 is 0 Å². The number of carbonyl (C=O) groups excluding carboxylic acids is 1. The molecule has 0 aliphatic heterocycles. The smallest absolute Gasteiger partial charge is 0.238 e. The van der Waals surface area contributed by atoms with E-state index in [0.29, 0.717) is 22.9 Å². The fourth-order valence-corrected chi connectivity index (χ4v) is 2.50. The highest BCUT2D eigenvalue weighted by molar-refractivity contribution is 6.33. The van der Waals surface area contributed by atoms with Crippen LogP contribution in [0.2, 0.25) is 5.02 Å². The lowest BCUT2D eigenvalue weighted by atomic mass is 10.1. The maximum atomic E-state index is 12.2. The molecule has 4 N–H and O–H groups in total. The molecule has 1 rings (SSSR count). The quantitative estimate of drug-likeness (QED) is 0.644. The molecule has 0 fully saturated rings. The third kappa shape index (κ3) is 5.53. The Morgan fingerprint density at radius 1 is 1.43 bits per heavy atom. The SMILES string of the molecule is CCC(CC)N(CCO)CC(=O)Nc1cc(N)ccc1Cl. The third-order valence-corrected chi connectivity index (χ3v) is 3.79. The summed E-state index contributed by atoms with van der Waals surface area (Å²) in [5.74, 6) is -0.164. The van der Waals surface area contributed by atoms with Gasteiger partial charge in [-0.2, -0.15) is 0 Å². The second-order valence-corrected chi connectivity index (χ2v) is 5.36. The summed E-state index contributed by atoms with van der Waals surface area (Å²) >= 11 is 6.03. The minimum atomic E-state index is -0.164. The molecule has 0 aromatic heterocycles. The van der Waals surface area contributed by atoms with Gasteiger partial charge in [0.2, 0.25) is 5.91 Å². The summed E-state index contributed by atoms with van der Waals surface area (Å²) < 4.78 is 0. The molecule has 0 spiro atoms. The van der Waals surface area contributed by atoms with Crippen molar-refractivity contribution >= 4 is 28.9 Å². The lowest BCUT2D eigenvalue weighted by Crippen LogP contribution is -2.42. The van der Waals surface area contributed by atoms with Crippen molar-refractivity contribution < 1.29 is 9.90 Å². The van der Waals surface area contributed by atoms with Crippen LogP contribution >= 0.6 is 11.6 Å². The Bertz CT molecular complexity index is 464. The summed E-state index contributed by atoms with van der Waals surface area (Å²) in [5, 5.41) is 12.4. The molecule has 0 unspecified atom stereocenters. The van der Waals surface area contributed by atoms with Gasteiger partial charge in [-0.3, -0.25) is 9.69 Å². The standard InChI is InChI=1S/C15H24ClN3O2/c1-3-12(4-2)19(7-8-20)10-15(21)18-14-9-11(17)5-6-13(14)16/h5-6,9,12,20H,3-4,7-8,10,17H2,1-2H3,(H,18,21). The number of aliphatic hydroxyl groups is 1. The topological polar surface area (TPSA) is 78.6 Å². The summed E-state index contributed by atoms with van der Waals surface area (Å²) in [6, 6.07) is 5.24. The number of carbonyl (C=O) groups is 1. The predicted molar refractivity (Wildman–Crippen MR) is 87.5 cm³/mol. The van der Waals surface area contributed by atoms with Crippen LogP contribution in [-0.4, -0.2) is 41.7 Å². The van der Waals surface area contributed by atoms with Gasteiger partial charge in [-0.25, -0.2) is 0 Å². The van der Waals surface area contributed by atoms with Crippen LogP contribution in [0.4, 0.5) is 11.4 Å². The number of aliphatic hydroxyl groups excluding tert-OH is 1. The number of halogens is 1. The molecule has 0 aliphatic carbocycles. The molecule has 21 heavy (non-hydrogen) atoms. The minimum Gasteiger partial charge on any atom is -0.399 e. The van der Waals surface area contributed by atoms with Crippen LogP contribution in [-0.2, 0) is 4.79 Å². The summed E-state index contributed by atoms with van der Waals surface area (Å²) in [5.41, 5.74) is 6.74. The van der Waals surface area contributed by atoms with Gasteiger partial charge >= 0.3 is 0 Å². The van der Waals surface area contributed by atoms with E-state index in [1.165, 1.54) is 0 Å². The van der Waals surface area contributed by atoms with Crippen molar-refractivity contribution in [3.63, 3.8) is 0 Å². The Balaban J connectivity index is 2.71. The molecule has 0 bridgehead atoms. The average Bonchev–Trinajstić information content (AvgIpc) is 2.44. The van der Waals surface area contributed by atoms with Gasteiger partial charge in [0.15, 0.2) is 0 Å². The Morgan fingerprint density at radius 2 is 2.10 bits per heavy atom. The van der Waals surface area contributed by atoms with Gasteiger partial charge in [0.1, 0.15) is 0 Å². The second-order valence-electron chi connectivity index (χ2n) is 4.95. The number of rotatable bonds is 8. The van der Waals surface area contributed by atoms with Gasteiger partial charge < -0.3 is 16.2 Å². The Morgan fingerprint density at radius 3 is 2.67 bits per heavy atom. The number of amides is 1. The van der Waals surface area contributed by atoms with Crippen LogP contribution in [0, 0.1) is 0 Å². The van der Waals surface area contributed by atoms with Gasteiger partial charge in [-0.15, -0.1) is 0 Å². The maximum Gasteiger partial charge on any atom is 0.238 e. The number of benzene rings is 1. The number of hydrogen-bond acceptors (Lipinski definition) is 4. The molecule has 1 aromatic rings. The third-order valence-electron chi connectivity index (χ3n) is 3.46. The summed E-state index contributed by atoms with van der Waals surface area (Å²) in [6.45, 7) is 4.88. The summed E-state index contributed by atoms with van der Waals surface area (Å²) in [4.78, 5) is 14.1. The lowest BCUT2D eigenvalue weighted by molar-refractivity contribution is -0.118. The molecule has 0 saturated heterocycles. The van der Waals surface area contributed by atoms with Crippen LogP contribution in [0.1, 0.15) is 26.7 Å². The fourth-order valence-electron chi connectivity index (χ4n) is 2.34. The van der Waals surface area contributed by atoms with Crippen molar-refractivity contribution in [1.29, 1.82) is 0 Å². The molecular weight excluding hydrogens is 290 g/mol. The first-order valence-corrected chi connectivity index (χ1v) is 7.59. The molecule has 0 heterocycles. The van der Waals surface area contributed by atoms with E-state index >= 15 is 0 Å². The van der Waals surface area contributed by atoms with Crippen LogP contribution < -0.4 is 11.1 Å². The van der Waals surface area contributed by atoms with Crippen LogP contribution in [0.25, 0.3) is 0 Å². The van der Waals surface area contributed by atoms with E-state index in [1.54, 1.807) is 18.2 Å². The van der Waals surface area contributed by atoms with Crippen molar-refractivity contribution in [2.75, 3.05) is 30.7 Å². The number of anilines is 2. The van der Waals surface area contributed by atoms with Crippen LogP contribution in [0.15, 0.2) is 18.2 Å². The maximum absolute atomic E-state index is 12.2. The Kier molecular flexibility index (Phi) is 7.50. The Hall–Kier alpha value is -1.30. The summed E-state index contributed by atoms with van der Waals surface area (Å²) in [6.07, 6.45) is 1.87. The highest BCUT2D eigenvalue weighted by Crippen LogP contribution is 2.24. The van der Waals surface area contributed by atoms with Crippen LogP contribution in [0.5, 0.6) is 0 Å². The number of nitrogens with two attached hydrogens (primary N) is 1. The molecule has 1 aromatic carbocycles. The van der Waals surface area contributed by atoms with E-state index in [9.17, 15) is 4.79 Å². The molecule has 0 aliphatic rings. The number of nitrogens with zero attached hydrogens (tertiary/aromatic N) is 1. The van der Waals surface area contributed by atoms with Crippen molar-refractivity contribution in [3.8, 4) is 0 Å². The average molecular weight is 314 g/mol. The van der Waals surface area contributed by atoms with E-state index in [0.717, 1.165) is 12.8 Å². The van der Waals surface area contributed by atoms with E-state index in [2.05, 4.69) is 19.2 Å². The molecule has 0 saturated carbocycles. The van der Waals surface area contributed by atoms with Gasteiger partial charge in [0.05, 0.1) is 23.9 Å². The van der Waals surface area contributed by atoms with Gasteiger partial charge in [0.25, 0.3) is 0 Å². The van der Waals surface area contributed by atoms with Gasteiger partial charge in [-0.1, -0.05) is 25.4 Å². The van der Waals surface area contributed by atoms with E-state index in [1.807, 2.05) is 4.90 Å². The predicted octanol–water partition coefficient (Wildman–Crippen LogP) is 2.34. The highest BCUT2D eigenvalue weighted by Gasteiger charge is 2.18. The first-order valence-electron chi connectivity index (χ1n) is 7.21. The number of nitrogen functional groups attached to an aromatic ring is 1. The number of hydrogen-bond donors (Lipinski definition) is 3. The lowest BCUT2D eigenvalue weighted by Gasteiger charge is -2.29. The molecule has 1 amide bonds. The first kappa shape index (κ1) is 17.8. The van der Waals surface area contributed by atoms with E-state index in [4.69, 9.17) is 22.4 Å². The van der Waals surface area contributed by atoms with Gasteiger partial charge in [0, 0.05) is 18.3 Å². The van der Waals surface area contributed by atoms with Crippen LogP contribution in [0.3, 0.4) is 0 Å². The fraction of sp³-hybridized carbons (Fsp3) is 0.533. The largest absolute Gasteiger partial charge is 0.399 e. The molecular formula is C15H24ClN3O2. The summed E-state index contributed by atoms with van der Waals surface area (Å²) in [7, 11) is 0. The van der Waals surface area contributed by atoms with Crippen molar-refractivity contribution in [2.24, 2.45) is 0 Å². The zero-order valence-electron chi connectivity index (χ0n) is 12.6. The molecule has 6 heteroatoms. The van der Waals surface area contributed by atoms with Crippen molar-refractivity contribution in [3.05, 3.63) is 23.2 Å². The van der Waals surface area contributed by atoms with Crippen molar-refractivity contribution in [1.82, 2.24) is 4.90 Å². The zero-order chi connectivity index (χ0) is 15.8. The molecule has 5 nitrogen and oxygen atoms in total. The van der Waals surface area contributed by atoms with Gasteiger partial charge in [-0.05, 0) is 31.0 Å². The zero-order valence-corrected chi connectivity index (χ0v) is 13.4. The molecule has 118 valence electrons. The Labute approximate surface area is 131 Å². The monoisotopic (exact) mass is 313 g/mol. The highest BCUT2D eigenvalue weighted by atomic mass is 35.5. The minimum absolute atomic E-state index is 0.0306. The van der Waals surface area contributed by atoms with Crippen molar-refractivity contribution in [2.45, 2.75) is 32.7 Å². The molecule has 0 atom stereocenters. The van der Waals surface area contributed by atoms with E-state index in [-0.39, 0.29) is 25.1 Å².